The number of benzene rings is 2. The quantitative estimate of drug-likeness (QED) is 0.536. The molecule has 0 fully saturated rings. The van der Waals surface area contributed by atoms with Crippen LogP contribution in [0.5, 0.6) is 11.5 Å². The standard InChI is InChI=1S/C19H20ClFN2O4/c1-4-26-17-8-5-13(9-18(17)25-3)11-22-27-12(2)19(24)23-16-7-6-14(21)10-15(16)20/h5-12H,4H2,1-3H3,(H,23,24)/b22-11-/t12-/m0/s1. The minimum absolute atomic E-state index is 0.0977. The van der Waals surface area contributed by atoms with Gasteiger partial charge in [-0.15, -0.1) is 0 Å². The van der Waals surface area contributed by atoms with Crippen molar-refractivity contribution >= 4 is 29.4 Å². The zero-order valence-corrected chi connectivity index (χ0v) is 15.9. The number of ether oxygens (including phenoxy) is 2. The molecule has 0 aromatic heterocycles. The molecule has 144 valence electrons. The summed E-state index contributed by atoms with van der Waals surface area (Å²) in [5, 5.41) is 6.47. The molecule has 6 nitrogen and oxygen atoms in total. The lowest BCUT2D eigenvalue weighted by Gasteiger charge is -2.12. The Morgan fingerprint density at radius 2 is 2.07 bits per heavy atom. The fourth-order valence-electron chi connectivity index (χ4n) is 2.09. The lowest BCUT2D eigenvalue weighted by molar-refractivity contribution is -0.126. The highest BCUT2D eigenvalue weighted by Gasteiger charge is 2.16. The van der Waals surface area contributed by atoms with Crippen molar-refractivity contribution in [2.45, 2.75) is 20.0 Å². The molecule has 2 rings (SSSR count). The predicted molar refractivity (Wildman–Crippen MR) is 102 cm³/mol. The Kier molecular flexibility index (Phi) is 7.43. The molecule has 1 atom stereocenters. The highest BCUT2D eigenvalue weighted by atomic mass is 35.5. The van der Waals surface area contributed by atoms with Crippen LogP contribution >= 0.6 is 11.6 Å². The lowest BCUT2D eigenvalue weighted by atomic mass is 10.2. The Morgan fingerprint density at radius 3 is 2.74 bits per heavy atom. The normalized spacial score (nSPS) is 11.9. The summed E-state index contributed by atoms with van der Waals surface area (Å²) in [6, 6.07) is 8.96. The fourth-order valence-corrected chi connectivity index (χ4v) is 2.31. The van der Waals surface area contributed by atoms with Crippen molar-refractivity contribution in [1.29, 1.82) is 0 Å². The largest absolute Gasteiger partial charge is 0.493 e. The summed E-state index contributed by atoms with van der Waals surface area (Å²) < 4.78 is 23.7. The van der Waals surface area contributed by atoms with E-state index in [2.05, 4.69) is 10.5 Å². The first kappa shape index (κ1) is 20.5. The van der Waals surface area contributed by atoms with Crippen molar-refractivity contribution in [3.63, 3.8) is 0 Å². The van der Waals surface area contributed by atoms with Crippen LogP contribution in [0.2, 0.25) is 5.02 Å². The first-order valence-electron chi connectivity index (χ1n) is 8.20. The molecule has 0 radical (unpaired) electrons. The summed E-state index contributed by atoms with van der Waals surface area (Å²) in [6.45, 7) is 3.94. The zero-order valence-electron chi connectivity index (χ0n) is 15.2. The number of amides is 1. The number of oxime groups is 1. The highest BCUT2D eigenvalue weighted by Crippen LogP contribution is 2.27. The van der Waals surface area contributed by atoms with E-state index in [9.17, 15) is 9.18 Å². The summed E-state index contributed by atoms with van der Waals surface area (Å²) in [4.78, 5) is 17.3. The van der Waals surface area contributed by atoms with Gasteiger partial charge in [0.2, 0.25) is 6.10 Å². The average molecular weight is 395 g/mol. The molecule has 8 heteroatoms. The van der Waals surface area contributed by atoms with Crippen LogP contribution in [-0.4, -0.2) is 31.9 Å². The van der Waals surface area contributed by atoms with Crippen LogP contribution in [0.3, 0.4) is 0 Å². The molecule has 0 unspecified atom stereocenters. The number of carbonyl (C=O) groups excluding carboxylic acids is 1. The molecule has 0 bridgehead atoms. The smallest absolute Gasteiger partial charge is 0.268 e. The second kappa shape index (κ2) is 9.78. The van der Waals surface area contributed by atoms with E-state index in [0.717, 1.165) is 6.07 Å². The number of methoxy groups -OCH3 is 1. The van der Waals surface area contributed by atoms with Gasteiger partial charge in [0.25, 0.3) is 5.91 Å². The van der Waals surface area contributed by atoms with Crippen molar-refractivity contribution in [3.05, 3.63) is 52.8 Å². The van der Waals surface area contributed by atoms with Gasteiger partial charge in [0.1, 0.15) is 5.82 Å². The van der Waals surface area contributed by atoms with Crippen molar-refractivity contribution in [1.82, 2.24) is 0 Å². The number of hydrogen-bond donors (Lipinski definition) is 1. The van der Waals surface area contributed by atoms with E-state index in [1.165, 1.54) is 25.3 Å². The number of halogens is 2. The lowest BCUT2D eigenvalue weighted by Crippen LogP contribution is -2.26. The van der Waals surface area contributed by atoms with Crippen LogP contribution in [0.1, 0.15) is 19.4 Å². The maximum Gasteiger partial charge on any atom is 0.268 e. The van der Waals surface area contributed by atoms with Gasteiger partial charge in [-0.1, -0.05) is 16.8 Å². The summed E-state index contributed by atoms with van der Waals surface area (Å²) in [5.74, 6) is 0.238. The monoisotopic (exact) mass is 394 g/mol. The number of carbonyl (C=O) groups is 1. The van der Waals surface area contributed by atoms with Gasteiger partial charge in [0.05, 0.1) is 30.6 Å². The van der Waals surface area contributed by atoms with E-state index in [4.69, 9.17) is 25.9 Å². The molecule has 2 aromatic carbocycles. The molecule has 0 saturated carbocycles. The van der Waals surface area contributed by atoms with Crippen molar-refractivity contribution in [2.75, 3.05) is 19.0 Å². The Bertz CT molecular complexity index is 829. The highest BCUT2D eigenvalue weighted by molar-refractivity contribution is 6.33. The van der Waals surface area contributed by atoms with Gasteiger partial charge in [-0.2, -0.15) is 0 Å². The molecular formula is C19H20ClFN2O4. The summed E-state index contributed by atoms with van der Waals surface area (Å²) in [6.07, 6.45) is 0.569. The van der Waals surface area contributed by atoms with E-state index < -0.39 is 17.8 Å². The SMILES string of the molecule is CCOc1ccc(/C=N\O[C@@H](C)C(=O)Nc2ccc(F)cc2Cl)cc1OC. The van der Waals surface area contributed by atoms with Gasteiger partial charge in [0, 0.05) is 5.56 Å². The molecule has 2 aromatic rings. The van der Waals surface area contributed by atoms with Crippen LogP contribution in [0, 0.1) is 5.82 Å². The summed E-state index contributed by atoms with van der Waals surface area (Å²) >= 11 is 5.88. The molecule has 0 aliphatic carbocycles. The predicted octanol–water partition coefficient (Wildman–Crippen LogP) is 4.26. The van der Waals surface area contributed by atoms with Gasteiger partial charge >= 0.3 is 0 Å². The second-order valence-electron chi connectivity index (χ2n) is 5.44. The second-order valence-corrected chi connectivity index (χ2v) is 5.85. The summed E-state index contributed by atoms with van der Waals surface area (Å²) in [7, 11) is 1.54. The van der Waals surface area contributed by atoms with Crippen molar-refractivity contribution in [3.8, 4) is 11.5 Å². The third kappa shape index (κ3) is 5.86. The van der Waals surface area contributed by atoms with Crippen LogP contribution < -0.4 is 14.8 Å². The molecule has 0 saturated heterocycles. The molecule has 27 heavy (non-hydrogen) atoms. The van der Waals surface area contributed by atoms with E-state index >= 15 is 0 Å². The van der Waals surface area contributed by atoms with E-state index in [1.54, 1.807) is 25.3 Å². The third-order valence-corrected chi connectivity index (χ3v) is 3.78. The maximum absolute atomic E-state index is 13.0. The first-order chi connectivity index (χ1) is 12.9. The van der Waals surface area contributed by atoms with Crippen molar-refractivity contribution in [2.24, 2.45) is 5.16 Å². The molecular weight excluding hydrogens is 375 g/mol. The number of nitrogens with zero attached hydrogens (tertiary/aromatic N) is 1. The zero-order chi connectivity index (χ0) is 19.8. The fraction of sp³-hybridized carbons (Fsp3) is 0.263. The van der Waals surface area contributed by atoms with Crippen LogP contribution in [-0.2, 0) is 9.63 Å². The first-order valence-corrected chi connectivity index (χ1v) is 8.58. The average Bonchev–Trinajstić information content (AvgIpc) is 2.65. The Morgan fingerprint density at radius 1 is 1.30 bits per heavy atom. The van der Waals surface area contributed by atoms with Gasteiger partial charge in [-0.25, -0.2) is 4.39 Å². The molecule has 1 N–H and O–H groups in total. The Balaban J connectivity index is 1.95. The van der Waals surface area contributed by atoms with Crippen LogP contribution in [0.4, 0.5) is 10.1 Å². The van der Waals surface area contributed by atoms with E-state index in [-0.39, 0.29) is 5.02 Å². The molecule has 1 amide bonds. The topological polar surface area (TPSA) is 69.2 Å². The Hall–Kier alpha value is -2.80. The van der Waals surface area contributed by atoms with E-state index in [0.29, 0.717) is 29.4 Å². The number of hydrogen-bond acceptors (Lipinski definition) is 5. The van der Waals surface area contributed by atoms with E-state index in [1.807, 2.05) is 6.92 Å². The minimum Gasteiger partial charge on any atom is -0.493 e. The third-order valence-electron chi connectivity index (χ3n) is 3.47. The molecule has 0 spiro atoms. The molecule has 0 heterocycles. The number of rotatable bonds is 8. The number of anilines is 1. The van der Waals surface area contributed by atoms with Gasteiger partial charge in [-0.05, 0) is 50.2 Å². The molecule has 0 aliphatic rings. The Labute approximate surface area is 161 Å². The van der Waals surface area contributed by atoms with Crippen LogP contribution in [0.15, 0.2) is 41.6 Å². The summed E-state index contributed by atoms with van der Waals surface area (Å²) in [5.41, 5.74) is 1.00. The van der Waals surface area contributed by atoms with Gasteiger partial charge in [-0.3, -0.25) is 4.79 Å². The van der Waals surface area contributed by atoms with Gasteiger partial charge in [0.15, 0.2) is 11.5 Å². The molecule has 0 aliphatic heterocycles. The maximum atomic E-state index is 13.0. The van der Waals surface area contributed by atoms with Crippen LogP contribution in [0.25, 0.3) is 0 Å². The van der Waals surface area contributed by atoms with Gasteiger partial charge < -0.3 is 19.6 Å². The number of nitrogens with one attached hydrogen (secondary N) is 1. The van der Waals surface area contributed by atoms with Crippen molar-refractivity contribution < 1.29 is 23.5 Å². The minimum atomic E-state index is -0.882.